The van der Waals surface area contributed by atoms with Gasteiger partial charge in [-0.15, -0.1) is 0 Å². The highest BCUT2D eigenvalue weighted by atomic mass is 16.5. The lowest BCUT2D eigenvalue weighted by Crippen LogP contribution is -2.48. The van der Waals surface area contributed by atoms with Gasteiger partial charge in [-0.25, -0.2) is 4.98 Å². The predicted molar refractivity (Wildman–Crippen MR) is 99.1 cm³/mol. The van der Waals surface area contributed by atoms with Crippen molar-refractivity contribution in [3.05, 3.63) is 59.9 Å². The summed E-state index contributed by atoms with van der Waals surface area (Å²) in [6.07, 6.45) is 4.76. The van der Waals surface area contributed by atoms with Gasteiger partial charge in [-0.05, 0) is 23.1 Å². The van der Waals surface area contributed by atoms with Crippen molar-refractivity contribution < 1.29 is 9.32 Å². The van der Waals surface area contributed by atoms with Crippen LogP contribution in [0.5, 0.6) is 0 Å². The Bertz CT molecular complexity index is 939. The molecule has 27 heavy (non-hydrogen) atoms. The quantitative estimate of drug-likeness (QED) is 0.711. The lowest BCUT2D eigenvalue weighted by Gasteiger charge is -2.37. The molecule has 2 aromatic heterocycles. The summed E-state index contributed by atoms with van der Waals surface area (Å²) in [6, 6.07) is 7.84. The fourth-order valence-electron chi connectivity index (χ4n) is 3.02. The minimum Gasteiger partial charge on any atom is -0.338 e. The molecule has 3 aromatic rings. The highest BCUT2D eigenvalue weighted by molar-refractivity contribution is 5.94. The Hall–Kier alpha value is -3.09. The molecule has 4 rings (SSSR count). The maximum absolute atomic E-state index is 12.6. The van der Waals surface area contributed by atoms with Crippen molar-refractivity contribution in [2.75, 3.05) is 13.1 Å². The summed E-state index contributed by atoms with van der Waals surface area (Å²) in [5.41, 5.74) is 2.55. The Morgan fingerprint density at radius 1 is 1.15 bits per heavy atom. The van der Waals surface area contributed by atoms with Crippen LogP contribution in [0.1, 0.15) is 48.5 Å². The topological polar surface area (TPSA) is 85.0 Å². The predicted octanol–water partition coefficient (Wildman–Crippen LogP) is 3.06. The zero-order valence-electron chi connectivity index (χ0n) is 15.6. The number of aromatic nitrogens is 4. The molecule has 0 spiro atoms. The third-order valence-electron chi connectivity index (χ3n) is 4.75. The van der Waals surface area contributed by atoms with Crippen LogP contribution in [0.3, 0.4) is 0 Å². The normalized spacial score (nSPS) is 14.9. The second-order valence-corrected chi connectivity index (χ2v) is 7.78. The molecule has 1 fully saturated rings. The number of benzene rings is 1. The molecule has 1 aliphatic rings. The summed E-state index contributed by atoms with van der Waals surface area (Å²) in [5, 5.41) is 3.96. The molecule has 7 heteroatoms. The number of hydrogen-bond acceptors (Lipinski definition) is 6. The van der Waals surface area contributed by atoms with Crippen molar-refractivity contribution >= 4 is 5.91 Å². The summed E-state index contributed by atoms with van der Waals surface area (Å²) in [6.45, 7) is 7.61. The van der Waals surface area contributed by atoms with Crippen molar-refractivity contribution in [3.63, 3.8) is 0 Å². The van der Waals surface area contributed by atoms with Gasteiger partial charge in [0.25, 0.3) is 5.91 Å². The van der Waals surface area contributed by atoms with Crippen LogP contribution in [0.2, 0.25) is 0 Å². The summed E-state index contributed by atoms with van der Waals surface area (Å²) in [4.78, 5) is 27.0. The number of hydrogen-bond donors (Lipinski definition) is 0. The molecule has 0 saturated carbocycles. The molecular formula is C20H21N5O2. The number of rotatable bonds is 3. The molecule has 1 saturated heterocycles. The van der Waals surface area contributed by atoms with E-state index in [1.807, 2.05) is 24.3 Å². The molecule has 1 aromatic carbocycles. The Labute approximate surface area is 157 Å². The first-order valence-electron chi connectivity index (χ1n) is 8.91. The summed E-state index contributed by atoms with van der Waals surface area (Å²) in [7, 11) is 0. The average Bonchev–Trinajstić information content (AvgIpc) is 3.10. The fourth-order valence-corrected chi connectivity index (χ4v) is 3.02. The number of likely N-dealkylation sites (tertiary alicyclic amines) is 1. The van der Waals surface area contributed by atoms with Crippen LogP contribution in [0.15, 0.2) is 47.4 Å². The van der Waals surface area contributed by atoms with Crippen molar-refractivity contribution in [3.8, 4) is 11.5 Å². The highest BCUT2D eigenvalue weighted by Gasteiger charge is 2.36. The molecule has 7 nitrogen and oxygen atoms in total. The molecule has 3 heterocycles. The summed E-state index contributed by atoms with van der Waals surface area (Å²) >= 11 is 0. The van der Waals surface area contributed by atoms with E-state index >= 15 is 0 Å². The van der Waals surface area contributed by atoms with Crippen molar-refractivity contribution in [2.45, 2.75) is 32.1 Å². The van der Waals surface area contributed by atoms with E-state index in [0.717, 1.165) is 0 Å². The first-order chi connectivity index (χ1) is 12.9. The molecule has 1 aliphatic heterocycles. The van der Waals surface area contributed by atoms with E-state index in [-0.39, 0.29) is 17.2 Å². The first-order valence-corrected chi connectivity index (χ1v) is 8.91. The number of nitrogens with zero attached hydrogens (tertiary/aromatic N) is 5. The SMILES string of the molecule is CC(C)(C)c1ccc(C(=O)N2CC(c3nc(-c4cnccn4)no3)C2)cc1. The lowest BCUT2D eigenvalue weighted by molar-refractivity contribution is 0.0569. The lowest BCUT2D eigenvalue weighted by atomic mass is 9.86. The average molecular weight is 363 g/mol. The van der Waals surface area contributed by atoms with Crippen LogP contribution in [0.4, 0.5) is 0 Å². The van der Waals surface area contributed by atoms with E-state index in [0.29, 0.717) is 36.1 Å². The molecular weight excluding hydrogens is 342 g/mol. The Morgan fingerprint density at radius 2 is 1.89 bits per heavy atom. The van der Waals surface area contributed by atoms with Gasteiger partial charge < -0.3 is 9.42 Å². The van der Waals surface area contributed by atoms with E-state index in [9.17, 15) is 4.79 Å². The second kappa shape index (κ2) is 6.57. The van der Waals surface area contributed by atoms with Crippen LogP contribution >= 0.6 is 0 Å². The minimum atomic E-state index is 0.0281. The Balaban J connectivity index is 1.39. The number of carbonyl (C=O) groups is 1. The van der Waals surface area contributed by atoms with E-state index < -0.39 is 0 Å². The van der Waals surface area contributed by atoms with Crippen LogP contribution in [-0.4, -0.2) is 44.0 Å². The minimum absolute atomic E-state index is 0.0281. The molecule has 138 valence electrons. The Morgan fingerprint density at radius 3 is 2.52 bits per heavy atom. The highest BCUT2D eigenvalue weighted by Crippen LogP contribution is 2.29. The van der Waals surface area contributed by atoms with E-state index in [1.54, 1.807) is 23.5 Å². The van der Waals surface area contributed by atoms with Crippen LogP contribution < -0.4 is 0 Å². The standard InChI is InChI=1S/C20H21N5O2/c1-20(2,3)15-6-4-13(5-7-15)19(26)25-11-14(12-25)18-23-17(24-27-18)16-10-21-8-9-22-16/h4-10,14H,11-12H2,1-3H3. The maximum Gasteiger partial charge on any atom is 0.253 e. The van der Waals surface area contributed by atoms with Gasteiger partial charge in [0.15, 0.2) is 0 Å². The van der Waals surface area contributed by atoms with Crippen LogP contribution in [0, 0.1) is 0 Å². The molecule has 1 amide bonds. The maximum atomic E-state index is 12.6. The third-order valence-corrected chi connectivity index (χ3v) is 4.75. The van der Waals surface area contributed by atoms with Gasteiger partial charge in [0, 0.05) is 31.0 Å². The van der Waals surface area contributed by atoms with Crippen molar-refractivity contribution in [1.29, 1.82) is 0 Å². The molecule has 0 N–H and O–H groups in total. The summed E-state index contributed by atoms with van der Waals surface area (Å²) in [5.74, 6) is 1.03. The van der Waals surface area contributed by atoms with Gasteiger partial charge in [-0.3, -0.25) is 9.78 Å². The van der Waals surface area contributed by atoms with Gasteiger partial charge in [0.1, 0.15) is 5.69 Å². The zero-order valence-corrected chi connectivity index (χ0v) is 15.6. The van der Waals surface area contributed by atoms with E-state index in [4.69, 9.17) is 4.52 Å². The van der Waals surface area contributed by atoms with Gasteiger partial charge in [-0.2, -0.15) is 4.98 Å². The number of amides is 1. The second-order valence-electron chi connectivity index (χ2n) is 7.78. The largest absolute Gasteiger partial charge is 0.338 e. The van der Waals surface area contributed by atoms with Crippen molar-refractivity contribution in [1.82, 2.24) is 25.0 Å². The van der Waals surface area contributed by atoms with Crippen LogP contribution in [0.25, 0.3) is 11.5 Å². The first kappa shape index (κ1) is 17.3. The van der Waals surface area contributed by atoms with Gasteiger partial charge >= 0.3 is 0 Å². The summed E-state index contributed by atoms with van der Waals surface area (Å²) < 4.78 is 5.34. The van der Waals surface area contributed by atoms with Crippen LogP contribution in [-0.2, 0) is 5.41 Å². The smallest absolute Gasteiger partial charge is 0.253 e. The molecule has 0 atom stereocenters. The molecule has 0 unspecified atom stereocenters. The Kier molecular flexibility index (Phi) is 4.22. The zero-order chi connectivity index (χ0) is 19.0. The van der Waals surface area contributed by atoms with Crippen molar-refractivity contribution in [2.24, 2.45) is 0 Å². The van der Waals surface area contributed by atoms with Gasteiger partial charge in [-0.1, -0.05) is 38.1 Å². The monoisotopic (exact) mass is 363 g/mol. The van der Waals surface area contributed by atoms with Gasteiger partial charge in [0.2, 0.25) is 11.7 Å². The number of carbonyl (C=O) groups excluding carboxylic acids is 1. The molecule has 0 radical (unpaired) electrons. The van der Waals surface area contributed by atoms with E-state index in [2.05, 4.69) is 40.9 Å². The van der Waals surface area contributed by atoms with Gasteiger partial charge in [0.05, 0.1) is 12.1 Å². The third kappa shape index (κ3) is 3.45. The molecule has 0 bridgehead atoms. The molecule has 0 aliphatic carbocycles. The fraction of sp³-hybridized carbons (Fsp3) is 0.350. The van der Waals surface area contributed by atoms with E-state index in [1.165, 1.54) is 5.56 Å².